The predicted molar refractivity (Wildman–Crippen MR) is 82.2 cm³/mol. The van der Waals surface area contributed by atoms with Crippen molar-refractivity contribution < 1.29 is 14.3 Å². The van der Waals surface area contributed by atoms with Crippen LogP contribution in [0.4, 0.5) is 0 Å². The fourth-order valence-corrected chi connectivity index (χ4v) is 2.74. The van der Waals surface area contributed by atoms with Crippen LogP contribution in [0.5, 0.6) is 0 Å². The van der Waals surface area contributed by atoms with E-state index in [2.05, 4.69) is 4.98 Å². The molecule has 1 saturated heterocycles. The molecule has 1 amide bonds. The van der Waals surface area contributed by atoms with Crippen molar-refractivity contribution in [3.8, 4) is 0 Å². The van der Waals surface area contributed by atoms with Crippen molar-refractivity contribution in [1.29, 1.82) is 0 Å². The second-order valence-electron chi connectivity index (χ2n) is 5.53. The zero-order chi connectivity index (χ0) is 15.8. The van der Waals surface area contributed by atoms with E-state index in [1.54, 1.807) is 13.1 Å². The van der Waals surface area contributed by atoms with Gasteiger partial charge in [-0.15, -0.1) is 0 Å². The molecule has 1 aliphatic heterocycles. The average Bonchev–Trinajstić information content (AvgIpc) is 2.99. The minimum atomic E-state index is -0.202. The number of esters is 1. The van der Waals surface area contributed by atoms with Crippen LogP contribution in [0.15, 0.2) is 12.4 Å². The first-order chi connectivity index (χ1) is 10.7. The Hall–Kier alpha value is -1.85. The van der Waals surface area contributed by atoms with E-state index in [1.165, 1.54) is 6.42 Å². The maximum absolute atomic E-state index is 12.2. The van der Waals surface area contributed by atoms with Crippen molar-refractivity contribution in [3.63, 3.8) is 0 Å². The standard InChI is InChI=1S/C16H25N3O3/c1-2-22-16(21)8-12-18-13-9-17-14(18)6-7-15(20)19-10-4-3-5-11-19/h9,13H,2-8,10-12H2,1H3. The molecule has 2 heterocycles. The van der Waals surface area contributed by atoms with Gasteiger partial charge in [-0.25, -0.2) is 4.98 Å². The van der Waals surface area contributed by atoms with E-state index in [0.29, 0.717) is 32.4 Å². The molecule has 0 N–H and O–H groups in total. The van der Waals surface area contributed by atoms with Gasteiger partial charge in [-0.05, 0) is 26.2 Å². The van der Waals surface area contributed by atoms with Crippen molar-refractivity contribution in [2.75, 3.05) is 19.7 Å². The van der Waals surface area contributed by atoms with Gasteiger partial charge in [0.25, 0.3) is 0 Å². The van der Waals surface area contributed by atoms with Gasteiger partial charge in [0.05, 0.1) is 13.0 Å². The Morgan fingerprint density at radius 3 is 2.73 bits per heavy atom. The van der Waals surface area contributed by atoms with Gasteiger partial charge in [-0.3, -0.25) is 9.59 Å². The molecule has 0 spiro atoms. The van der Waals surface area contributed by atoms with Gasteiger partial charge in [0.2, 0.25) is 5.91 Å². The molecule has 2 rings (SSSR count). The van der Waals surface area contributed by atoms with Gasteiger partial charge >= 0.3 is 5.97 Å². The number of piperidine rings is 1. The number of rotatable bonds is 7. The van der Waals surface area contributed by atoms with E-state index >= 15 is 0 Å². The van der Waals surface area contributed by atoms with E-state index in [4.69, 9.17) is 4.74 Å². The number of hydrogen-bond acceptors (Lipinski definition) is 4. The van der Waals surface area contributed by atoms with Crippen LogP contribution in [0.1, 0.15) is 44.9 Å². The zero-order valence-electron chi connectivity index (χ0n) is 13.3. The van der Waals surface area contributed by atoms with E-state index in [9.17, 15) is 9.59 Å². The molecule has 0 aromatic carbocycles. The zero-order valence-corrected chi connectivity index (χ0v) is 13.3. The molecule has 122 valence electrons. The largest absolute Gasteiger partial charge is 0.466 e. The lowest BCUT2D eigenvalue weighted by Gasteiger charge is -2.26. The summed E-state index contributed by atoms with van der Waals surface area (Å²) in [6, 6.07) is 0. The summed E-state index contributed by atoms with van der Waals surface area (Å²) < 4.78 is 6.86. The summed E-state index contributed by atoms with van der Waals surface area (Å²) in [6.45, 7) is 4.52. The fraction of sp³-hybridized carbons (Fsp3) is 0.688. The molecule has 0 atom stereocenters. The summed E-state index contributed by atoms with van der Waals surface area (Å²) in [5, 5.41) is 0. The molecule has 0 unspecified atom stereocenters. The summed E-state index contributed by atoms with van der Waals surface area (Å²) in [7, 11) is 0. The molecule has 1 aromatic heterocycles. The van der Waals surface area contributed by atoms with Crippen LogP contribution < -0.4 is 0 Å². The molecule has 1 aliphatic rings. The maximum Gasteiger partial charge on any atom is 0.307 e. The minimum absolute atomic E-state index is 0.202. The highest BCUT2D eigenvalue weighted by Crippen LogP contribution is 2.11. The minimum Gasteiger partial charge on any atom is -0.466 e. The first-order valence-electron chi connectivity index (χ1n) is 8.14. The Kier molecular flexibility index (Phi) is 6.43. The smallest absolute Gasteiger partial charge is 0.307 e. The number of carbonyl (C=O) groups excluding carboxylic acids is 2. The number of ether oxygens (including phenoxy) is 1. The normalized spacial score (nSPS) is 14.9. The highest BCUT2D eigenvalue weighted by Gasteiger charge is 2.17. The second-order valence-corrected chi connectivity index (χ2v) is 5.53. The third-order valence-electron chi connectivity index (χ3n) is 3.94. The SMILES string of the molecule is CCOC(=O)CCn1ccnc1CCC(=O)N1CCCCC1. The fourth-order valence-electron chi connectivity index (χ4n) is 2.74. The number of imidazole rings is 1. The number of aromatic nitrogens is 2. The van der Waals surface area contributed by atoms with Crippen LogP contribution in [0.25, 0.3) is 0 Å². The van der Waals surface area contributed by atoms with Crippen molar-refractivity contribution >= 4 is 11.9 Å². The quantitative estimate of drug-likeness (QED) is 0.720. The van der Waals surface area contributed by atoms with E-state index in [-0.39, 0.29) is 11.9 Å². The molecule has 0 aliphatic carbocycles. The van der Waals surface area contributed by atoms with Crippen LogP contribution in [-0.2, 0) is 27.3 Å². The Morgan fingerprint density at radius 2 is 2.00 bits per heavy atom. The monoisotopic (exact) mass is 307 g/mol. The third-order valence-corrected chi connectivity index (χ3v) is 3.94. The summed E-state index contributed by atoms with van der Waals surface area (Å²) in [5.41, 5.74) is 0. The topological polar surface area (TPSA) is 64.4 Å². The van der Waals surface area contributed by atoms with Gasteiger partial charge in [-0.2, -0.15) is 0 Å². The van der Waals surface area contributed by atoms with Crippen molar-refractivity contribution in [1.82, 2.24) is 14.5 Å². The third kappa shape index (κ3) is 4.86. The van der Waals surface area contributed by atoms with Crippen molar-refractivity contribution in [3.05, 3.63) is 18.2 Å². The van der Waals surface area contributed by atoms with Gasteiger partial charge in [0.15, 0.2) is 0 Å². The van der Waals surface area contributed by atoms with Gasteiger partial charge in [0, 0.05) is 44.9 Å². The lowest BCUT2D eigenvalue weighted by Crippen LogP contribution is -2.35. The van der Waals surface area contributed by atoms with E-state index in [1.807, 2.05) is 15.7 Å². The number of amides is 1. The van der Waals surface area contributed by atoms with Crippen LogP contribution in [0, 0.1) is 0 Å². The van der Waals surface area contributed by atoms with Crippen LogP contribution in [-0.4, -0.2) is 46.0 Å². The van der Waals surface area contributed by atoms with Crippen LogP contribution in [0.2, 0.25) is 0 Å². The van der Waals surface area contributed by atoms with Crippen molar-refractivity contribution in [2.24, 2.45) is 0 Å². The Bertz CT molecular complexity index is 493. The molecule has 0 saturated carbocycles. The van der Waals surface area contributed by atoms with Crippen molar-refractivity contribution in [2.45, 2.75) is 52.0 Å². The molecule has 1 aromatic rings. The highest BCUT2D eigenvalue weighted by atomic mass is 16.5. The van der Waals surface area contributed by atoms with Gasteiger partial charge in [0.1, 0.15) is 5.82 Å². The van der Waals surface area contributed by atoms with Crippen LogP contribution in [0.3, 0.4) is 0 Å². The van der Waals surface area contributed by atoms with Gasteiger partial charge in [-0.1, -0.05) is 0 Å². The average molecular weight is 307 g/mol. The molecule has 6 heteroatoms. The van der Waals surface area contributed by atoms with E-state index in [0.717, 1.165) is 31.8 Å². The number of nitrogens with zero attached hydrogens (tertiary/aromatic N) is 3. The molecule has 22 heavy (non-hydrogen) atoms. The first-order valence-corrected chi connectivity index (χ1v) is 8.14. The lowest BCUT2D eigenvalue weighted by atomic mass is 10.1. The number of hydrogen-bond donors (Lipinski definition) is 0. The Labute approximate surface area is 131 Å². The maximum atomic E-state index is 12.2. The molecule has 6 nitrogen and oxygen atoms in total. The Morgan fingerprint density at radius 1 is 1.23 bits per heavy atom. The predicted octanol–water partition coefficient (Wildman–Crippen LogP) is 1.78. The Balaban J connectivity index is 1.79. The van der Waals surface area contributed by atoms with E-state index < -0.39 is 0 Å². The molecule has 0 bridgehead atoms. The summed E-state index contributed by atoms with van der Waals surface area (Å²) in [4.78, 5) is 29.8. The molecule has 0 radical (unpaired) electrons. The summed E-state index contributed by atoms with van der Waals surface area (Å²) in [5.74, 6) is 0.862. The van der Waals surface area contributed by atoms with Gasteiger partial charge < -0.3 is 14.2 Å². The summed E-state index contributed by atoms with van der Waals surface area (Å²) in [6.07, 6.45) is 8.44. The first kappa shape index (κ1) is 16.5. The summed E-state index contributed by atoms with van der Waals surface area (Å²) >= 11 is 0. The number of carbonyl (C=O) groups is 2. The highest BCUT2D eigenvalue weighted by molar-refractivity contribution is 5.76. The number of aryl methyl sites for hydroxylation is 2. The lowest BCUT2D eigenvalue weighted by molar-refractivity contribution is -0.143. The molecular formula is C16H25N3O3. The molecular weight excluding hydrogens is 282 g/mol. The van der Waals surface area contributed by atoms with Crippen LogP contribution >= 0.6 is 0 Å². The second kappa shape index (κ2) is 8.56. The number of likely N-dealkylation sites (tertiary alicyclic amines) is 1. The molecule has 1 fully saturated rings.